The van der Waals surface area contributed by atoms with E-state index >= 15 is 0 Å². The van der Waals surface area contributed by atoms with Crippen LogP contribution in [0.4, 0.5) is 4.79 Å². The van der Waals surface area contributed by atoms with E-state index in [1.54, 1.807) is 27.0 Å². The average Bonchev–Trinajstić information content (AvgIpc) is 3.66. The molecule has 2 aromatic carbocycles. The first kappa shape index (κ1) is 31.8. The number of nitrogens with zero attached hydrogens (tertiary/aromatic N) is 1. The summed E-state index contributed by atoms with van der Waals surface area (Å²) in [5.41, 5.74) is 2.75. The molecular weight excluding hydrogens is 568 g/mol. The minimum atomic E-state index is -0.997. The van der Waals surface area contributed by atoms with Crippen LogP contribution in [-0.4, -0.2) is 50.5 Å². The second-order valence-electron chi connectivity index (χ2n) is 12.9. The van der Waals surface area contributed by atoms with Crippen molar-refractivity contribution in [2.75, 3.05) is 0 Å². The molecular formula is C35H44N6O4. The summed E-state index contributed by atoms with van der Waals surface area (Å²) in [5.74, 6) is 0.497. The number of nitrogens with one attached hydrogen (secondary N) is 5. The molecule has 0 unspecified atom stereocenters. The van der Waals surface area contributed by atoms with E-state index in [1.807, 2.05) is 60.8 Å². The Morgan fingerprint density at radius 1 is 0.911 bits per heavy atom. The van der Waals surface area contributed by atoms with Crippen LogP contribution in [0.5, 0.6) is 0 Å². The van der Waals surface area contributed by atoms with E-state index in [2.05, 4.69) is 30.9 Å². The molecule has 1 aliphatic carbocycles. The molecule has 0 bridgehead atoms. The average molecular weight is 613 g/mol. The van der Waals surface area contributed by atoms with Gasteiger partial charge in [-0.1, -0.05) is 67.8 Å². The largest absolute Gasteiger partial charge is 0.444 e. The first-order valence-electron chi connectivity index (χ1n) is 15.8. The first-order chi connectivity index (χ1) is 21.6. The summed E-state index contributed by atoms with van der Waals surface area (Å²) in [5, 5.41) is 9.61. The van der Waals surface area contributed by atoms with Crippen molar-refractivity contribution in [3.05, 3.63) is 89.6 Å². The van der Waals surface area contributed by atoms with Crippen LogP contribution < -0.4 is 16.0 Å². The predicted octanol–water partition coefficient (Wildman–Crippen LogP) is 5.42. The van der Waals surface area contributed by atoms with Crippen molar-refractivity contribution in [2.24, 2.45) is 0 Å². The van der Waals surface area contributed by atoms with Gasteiger partial charge in [0, 0.05) is 54.3 Å². The maximum atomic E-state index is 13.9. The van der Waals surface area contributed by atoms with Crippen molar-refractivity contribution < 1.29 is 19.1 Å². The second-order valence-corrected chi connectivity index (χ2v) is 12.9. The third-order valence-electron chi connectivity index (χ3n) is 8.11. The van der Waals surface area contributed by atoms with Gasteiger partial charge in [-0.15, -0.1) is 0 Å². The van der Waals surface area contributed by atoms with Gasteiger partial charge in [0.2, 0.25) is 11.8 Å². The number of imidazole rings is 1. The molecule has 2 aromatic heterocycles. The van der Waals surface area contributed by atoms with Crippen LogP contribution in [0.1, 0.15) is 81.4 Å². The van der Waals surface area contributed by atoms with Crippen molar-refractivity contribution in [2.45, 2.75) is 95.9 Å². The third-order valence-corrected chi connectivity index (χ3v) is 8.11. The Morgan fingerprint density at radius 3 is 2.38 bits per heavy atom. The van der Waals surface area contributed by atoms with Gasteiger partial charge < -0.3 is 30.7 Å². The first-order valence-corrected chi connectivity index (χ1v) is 15.8. The Hall–Kier alpha value is -4.60. The molecule has 10 nitrogen and oxygen atoms in total. The second kappa shape index (κ2) is 14.5. The van der Waals surface area contributed by atoms with E-state index in [1.165, 1.54) is 19.3 Å². The molecule has 238 valence electrons. The monoisotopic (exact) mass is 612 g/mol. The molecule has 10 heteroatoms. The predicted molar refractivity (Wildman–Crippen MR) is 173 cm³/mol. The Morgan fingerprint density at radius 2 is 1.62 bits per heavy atom. The Bertz CT molecular complexity index is 1580. The molecule has 1 aliphatic rings. The minimum absolute atomic E-state index is 0.198. The van der Waals surface area contributed by atoms with Crippen molar-refractivity contribution in [1.82, 2.24) is 30.9 Å². The van der Waals surface area contributed by atoms with Gasteiger partial charge in [0.25, 0.3) is 0 Å². The molecule has 0 aliphatic heterocycles. The number of aromatic nitrogens is 3. The van der Waals surface area contributed by atoms with Gasteiger partial charge in [0.1, 0.15) is 23.5 Å². The molecule has 0 saturated heterocycles. The van der Waals surface area contributed by atoms with E-state index in [9.17, 15) is 14.4 Å². The molecule has 45 heavy (non-hydrogen) atoms. The van der Waals surface area contributed by atoms with Crippen LogP contribution in [0.3, 0.4) is 0 Å². The van der Waals surface area contributed by atoms with Crippen molar-refractivity contribution >= 4 is 28.8 Å². The molecule has 3 amide bonds. The number of fused-ring (bicyclic) bond motifs is 1. The summed E-state index contributed by atoms with van der Waals surface area (Å²) in [6.07, 6.45) is 9.11. The topological polar surface area (TPSA) is 141 Å². The van der Waals surface area contributed by atoms with Gasteiger partial charge in [-0.2, -0.15) is 0 Å². The van der Waals surface area contributed by atoms with Gasteiger partial charge in [-0.25, -0.2) is 9.78 Å². The van der Waals surface area contributed by atoms with Gasteiger partial charge in [0.05, 0.1) is 0 Å². The Balaban J connectivity index is 1.36. The zero-order valence-corrected chi connectivity index (χ0v) is 26.3. The number of benzene rings is 2. The number of H-pyrrole nitrogens is 2. The molecule has 0 spiro atoms. The summed E-state index contributed by atoms with van der Waals surface area (Å²) in [6.45, 7) is 5.61. The summed E-state index contributed by atoms with van der Waals surface area (Å²) in [4.78, 5) is 51.7. The highest BCUT2D eigenvalue weighted by Gasteiger charge is 2.30. The molecule has 0 radical (unpaired) electrons. The van der Waals surface area contributed by atoms with Gasteiger partial charge in [-0.3, -0.25) is 9.59 Å². The highest BCUT2D eigenvalue weighted by atomic mass is 16.6. The Kier molecular flexibility index (Phi) is 10.2. The molecule has 1 saturated carbocycles. The van der Waals surface area contributed by atoms with E-state index in [0.29, 0.717) is 12.5 Å². The SMILES string of the molecule is CC(C)(C)OC(=O)N[C@@H](Cc1c[nH]c2ccccc12)C(=O)N[C@@H](Cc1cnc(C2CCCCC2)[nH]1)C(=O)NCc1ccccc1. The fourth-order valence-corrected chi connectivity index (χ4v) is 5.85. The van der Waals surface area contributed by atoms with Gasteiger partial charge >= 0.3 is 6.09 Å². The van der Waals surface area contributed by atoms with Crippen molar-refractivity contribution in [3.63, 3.8) is 0 Å². The number of amides is 3. The van der Waals surface area contributed by atoms with Crippen LogP contribution in [0.2, 0.25) is 0 Å². The number of para-hydroxylation sites is 1. The van der Waals surface area contributed by atoms with Crippen molar-refractivity contribution in [1.29, 1.82) is 0 Å². The van der Waals surface area contributed by atoms with E-state index < -0.39 is 29.7 Å². The summed E-state index contributed by atoms with van der Waals surface area (Å²) in [7, 11) is 0. The number of alkyl carbamates (subject to hydrolysis) is 1. The fraction of sp³-hybridized carbons (Fsp3) is 0.429. The quantitative estimate of drug-likeness (QED) is 0.154. The lowest BCUT2D eigenvalue weighted by molar-refractivity contribution is -0.130. The summed E-state index contributed by atoms with van der Waals surface area (Å²) < 4.78 is 5.49. The van der Waals surface area contributed by atoms with E-state index in [0.717, 1.165) is 46.4 Å². The maximum Gasteiger partial charge on any atom is 0.408 e. The van der Waals surface area contributed by atoms with Crippen molar-refractivity contribution in [3.8, 4) is 0 Å². The lowest BCUT2D eigenvalue weighted by Crippen LogP contribution is -2.55. The van der Waals surface area contributed by atoms with Gasteiger partial charge in [0.15, 0.2) is 0 Å². The molecule has 1 fully saturated rings. The Labute approximate surface area is 264 Å². The number of hydrogen-bond donors (Lipinski definition) is 5. The van der Waals surface area contributed by atoms with E-state index in [4.69, 9.17) is 4.74 Å². The highest BCUT2D eigenvalue weighted by molar-refractivity contribution is 5.92. The lowest BCUT2D eigenvalue weighted by atomic mass is 9.89. The fourth-order valence-electron chi connectivity index (χ4n) is 5.85. The van der Waals surface area contributed by atoms with Crippen LogP contribution in [0.15, 0.2) is 67.0 Å². The van der Waals surface area contributed by atoms with Gasteiger partial charge in [-0.05, 0) is 50.8 Å². The highest BCUT2D eigenvalue weighted by Crippen LogP contribution is 2.31. The number of aromatic amines is 2. The normalized spacial score (nSPS) is 15.3. The number of hydrogen-bond acceptors (Lipinski definition) is 5. The molecule has 5 rings (SSSR count). The van der Waals surface area contributed by atoms with E-state index in [-0.39, 0.29) is 18.7 Å². The summed E-state index contributed by atoms with van der Waals surface area (Å²) in [6, 6.07) is 15.5. The molecule has 5 N–H and O–H groups in total. The zero-order valence-electron chi connectivity index (χ0n) is 26.3. The summed E-state index contributed by atoms with van der Waals surface area (Å²) >= 11 is 0. The number of ether oxygens (including phenoxy) is 1. The standard InChI is InChI=1S/C35H44N6O4/c1-35(2,3)45-34(44)41-29(18-25-21-36-28-17-11-10-16-27(25)28)33(43)40-30(32(42)38-20-23-12-6-4-7-13-23)19-26-22-37-31(39-26)24-14-8-5-9-15-24/h4,6-7,10-13,16-17,21-22,24,29-30,36H,5,8-9,14-15,18-20H2,1-3H3,(H,37,39)(H,38,42)(H,40,43)(H,41,44)/t29-,30-/m0/s1. The van der Waals surface area contributed by atoms with Crippen LogP contribution in [0.25, 0.3) is 10.9 Å². The third kappa shape index (κ3) is 8.97. The lowest BCUT2D eigenvalue weighted by Gasteiger charge is -2.25. The number of rotatable bonds is 11. The molecule has 2 atom stereocenters. The van der Waals surface area contributed by atoms with Crippen LogP contribution >= 0.6 is 0 Å². The number of carbonyl (C=O) groups excluding carboxylic acids is 3. The van der Waals surface area contributed by atoms with Crippen LogP contribution in [-0.2, 0) is 33.7 Å². The zero-order chi connectivity index (χ0) is 31.8. The number of carbonyl (C=O) groups is 3. The minimum Gasteiger partial charge on any atom is -0.444 e. The van der Waals surface area contributed by atoms with Crippen LogP contribution in [0, 0.1) is 0 Å². The maximum absolute atomic E-state index is 13.9. The molecule has 4 aromatic rings. The molecule has 2 heterocycles. The smallest absolute Gasteiger partial charge is 0.408 e.